The molecule has 0 aliphatic rings. The first kappa shape index (κ1) is 9.65. The van der Waals surface area contributed by atoms with E-state index in [2.05, 4.69) is 18.8 Å². The summed E-state index contributed by atoms with van der Waals surface area (Å²) in [6.45, 7) is 5.97. The minimum atomic E-state index is 0.858. The van der Waals surface area contributed by atoms with E-state index in [1.807, 2.05) is 25.2 Å². The Labute approximate surface area is 79.2 Å². The number of ether oxygens (including phenoxy) is 1. The zero-order valence-corrected chi connectivity index (χ0v) is 8.35. The van der Waals surface area contributed by atoms with Gasteiger partial charge in [-0.05, 0) is 24.6 Å². The predicted octanol–water partition coefficient (Wildman–Crippen LogP) is 2.19. The summed E-state index contributed by atoms with van der Waals surface area (Å²) in [6, 6.07) is 5.95. The predicted molar refractivity (Wildman–Crippen MR) is 55.8 cm³/mol. The molecule has 0 radical (unpaired) electrons. The first-order valence-electron chi connectivity index (χ1n) is 4.20. The smallest absolute Gasteiger partial charge is 0.119 e. The maximum Gasteiger partial charge on any atom is 0.119 e. The summed E-state index contributed by atoms with van der Waals surface area (Å²) < 4.78 is 5.14. The van der Waals surface area contributed by atoms with Crippen molar-refractivity contribution >= 4 is 5.70 Å². The van der Waals surface area contributed by atoms with Crippen LogP contribution in [-0.2, 0) is 0 Å². The van der Waals surface area contributed by atoms with Crippen molar-refractivity contribution in [3.8, 4) is 5.75 Å². The van der Waals surface area contributed by atoms with Crippen molar-refractivity contribution in [3.05, 3.63) is 35.9 Å². The van der Waals surface area contributed by atoms with Crippen LogP contribution in [0.25, 0.3) is 5.70 Å². The van der Waals surface area contributed by atoms with Gasteiger partial charge in [-0.3, -0.25) is 0 Å². The third kappa shape index (κ3) is 2.02. The first-order valence-corrected chi connectivity index (χ1v) is 4.20. The molecule has 0 atom stereocenters. The fourth-order valence-electron chi connectivity index (χ4n) is 1.19. The number of rotatable bonds is 3. The molecule has 0 fully saturated rings. The van der Waals surface area contributed by atoms with E-state index in [0.29, 0.717) is 0 Å². The van der Waals surface area contributed by atoms with E-state index in [0.717, 1.165) is 17.0 Å². The van der Waals surface area contributed by atoms with Gasteiger partial charge in [0.15, 0.2) is 0 Å². The second-order valence-corrected chi connectivity index (χ2v) is 2.91. The summed E-state index contributed by atoms with van der Waals surface area (Å²) in [6.07, 6.45) is 0. The van der Waals surface area contributed by atoms with Crippen LogP contribution in [0.2, 0.25) is 0 Å². The van der Waals surface area contributed by atoms with Gasteiger partial charge < -0.3 is 10.1 Å². The molecule has 0 aliphatic carbocycles. The summed E-state index contributed by atoms with van der Waals surface area (Å²) >= 11 is 0. The number of nitrogens with one attached hydrogen (secondary N) is 1. The van der Waals surface area contributed by atoms with Gasteiger partial charge in [-0.2, -0.15) is 0 Å². The van der Waals surface area contributed by atoms with E-state index in [9.17, 15) is 0 Å². The minimum absolute atomic E-state index is 0.858. The van der Waals surface area contributed by atoms with E-state index in [4.69, 9.17) is 4.74 Å². The molecule has 0 spiro atoms. The summed E-state index contributed by atoms with van der Waals surface area (Å²) in [5, 5.41) is 3.02. The number of aryl methyl sites for hydroxylation is 1. The van der Waals surface area contributed by atoms with E-state index < -0.39 is 0 Å². The van der Waals surface area contributed by atoms with E-state index in [1.54, 1.807) is 7.11 Å². The number of benzene rings is 1. The van der Waals surface area contributed by atoms with E-state index in [-0.39, 0.29) is 0 Å². The summed E-state index contributed by atoms with van der Waals surface area (Å²) in [4.78, 5) is 0. The number of hydrogen-bond acceptors (Lipinski definition) is 2. The highest BCUT2D eigenvalue weighted by Gasteiger charge is 2.02. The topological polar surface area (TPSA) is 21.3 Å². The summed E-state index contributed by atoms with van der Waals surface area (Å²) in [7, 11) is 3.53. The third-order valence-electron chi connectivity index (χ3n) is 2.07. The van der Waals surface area contributed by atoms with Crippen molar-refractivity contribution in [2.24, 2.45) is 0 Å². The Morgan fingerprint density at radius 2 is 2.15 bits per heavy atom. The second-order valence-electron chi connectivity index (χ2n) is 2.91. The van der Waals surface area contributed by atoms with E-state index in [1.165, 1.54) is 5.56 Å². The van der Waals surface area contributed by atoms with Crippen molar-refractivity contribution in [1.29, 1.82) is 0 Å². The van der Waals surface area contributed by atoms with Gasteiger partial charge in [-0.25, -0.2) is 0 Å². The molecule has 70 valence electrons. The monoisotopic (exact) mass is 177 g/mol. The molecule has 13 heavy (non-hydrogen) atoms. The molecule has 0 aliphatic heterocycles. The van der Waals surface area contributed by atoms with Gasteiger partial charge >= 0.3 is 0 Å². The van der Waals surface area contributed by atoms with Crippen LogP contribution in [0.3, 0.4) is 0 Å². The van der Waals surface area contributed by atoms with Crippen molar-refractivity contribution in [2.45, 2.75) is 6.92 Å². The lowest BCUT2D eigenvalue weighted by Gasteiger charge is -2.10. The van der Waals surface area contributed by atoms with Gasteiger partial charge in [-0.15, -0.1) is 0 Å². The minimum Gasteiger partial charge on any atom is -0.497 e. The molecule has 1 rings (SSSR count). The molecule has 2 nitrogen and oxygen atoms in total. The van der Waals surface area contributed by atoms with Gasteiger partial charge in [-0.1, -0.05) is 12.6 Å². The average Bonchev–Trinajstić information content (AvgIpc) is 2.17. The Balaban J connectivity index is 3.11. The summed E-state index contributed by atoms with van der Waals surface area (Å²) in [5.41, 5.74) is 3.21. The second kappa shape index (κ2) is 3.99. The Hall–Kier alpha value is -1.44. The average molecular weight is 177 g/mol. The largest absolute Gasteiger partial charge is 0.497 e. The Bertz CT molecular complexity index is 318. The maximum atomic E-state index is 5.14. The molecule has 1 N–H and O–H groups in total. The van der Waals surface area contributed by atoms with Crippen LogP contribution in [0.1, 0.15) is 11.1 Å². The molecule has 0 saturated heterocycles. The van der Waals surface area contributed by atoms with Crippen molar-refractivity contribution in [1.82, 2.24) is 5.32 Å². The molecule has 0 aromatic heterocycles. The number of hydrogen-bond donors (Lipinski definition) is 1. The van der Waals surface area contributed by atoms with Crippen molar-refractivity contribution in [3.63, 3.8) is 0 Å². The van der Waals surface area contributed by atoms with Gasteiger partial charge in [0.25, 0.3) is 0 Å². The quantitative estimate of drug-likeness (QED) is 0.764. The molecule has 0 unspecified atom stereocenters. The normalized spacial score (nSPS) is 9.46. The molecule has 0 saturated carbocycles. The molecule has 0 bridgehead atoms. The maximum absolute atomic E-state index is 5.14. The van der Waals surface area contributed by atoms with Crippen molar-refractivity contribution < 1.29 is 4.74 Å². The lowest BCUT2D eigenvalue weighted by atomic mass is 10.1. The molecular formula is C11H15NO. The van der Waals surface area contributed by atoms with Crippen LogP contribution >= 0.6 is 0 Å². The van der Waals surface area contributed by atoms with Crippen LogP contribution < -0.4 is 10.1 Å². The molecular weight excluding hydrogens is 162 g/mol. The highest BCUT2D eigenvalue weighted by molar-refractivity contribution is 5.65. The SMILES string of the molecule is C=C(NC)c1cc(OC)ccc1C. The van der Waals surface area contributed by atoms with Crippen LogP contribution in [0.15, 0.2) is 24.8 Å². The standard InChI is InChI=1S/C11H15NO/c1-8-5-6-10(13-4)7-11(8)9(2)12-3/h5-7,12H,2H2,1,3-4H3. The van der Waals surface area contributed by atoms with E-state index >= 15 is 0 Å². The molecule has 2 heteroatoms. The molecule has 1 aromatic rings. The first-order chi connectivity index (χ1) is 6.19. The van der Waals surface area contributed by atoms with Gasteiger partial charge in [0.2, 0.25) is 0 Å². The Morgan fingerprint density at radius 1 is 1.46 bits per heavy atom. The zero-order valence-electron chi connectivity index (χ0n) is 8.35. The highest BCUT2D eigenvalue weighted by atomic mass is 16.5. The van der Waals surface area contributed by atoms with Crippen molar-refractivity contribution in [2.75, 3.05) is 14.2 Å². The van der Waals surface area contributed by atoms with Crippen LogP contribution in [0.4, 0.5) is 0 Å². The van der Waals surface area contributed by atoms with Gasteiger partial charge in [0.1, 0.15) is 5.75 Å². The number of methoxy groups -OCH3 is 1. The molecule has 0 heterocycles. The van der Waals surface area contributed by atoms with Crippen LogP contribution in [-0.4, -0.2) is 14.2 Å². The fourth-order valence-corrected chi connectivity index (χ4v) is 1.19. The lowest BCUT2D eigenvalue weighted by Crippen LogP contribution is -2.04. The molecule has 0 amide bonds. The fraction of sp³-hybridized carbons (Fsp3) is 0.273. The van der Waals surface area contributed by atoms with Crippen LogP contribution in [0, 0.1) is 6.92 Å². The zero-order chi connectivity index (χ0) is 9.84. The molecule has 1 aromatic carbocycles. The highest BCUT2D eigenvalue weighted by Crippen LogP contribution is 2.21. The van der Waals surface area contributed by atoms with Gasteiger partial charge in [0, 0.05) is 18.3 Å². The third-order valence-corrected chi connectivity index (χ3v) is 2.07. The Kier molecular flexibility index (Phi) is 2.96. The van der Waals surface area contributed by atoms with Crippen LogP contribution in [0.5, 0.6) is 5.75 Å². The lowest BCUT2D eigenvalue weighted by molar-refractivity contribution is 0.414. The van der Waals surface area contributed by atoms with Gasteiger partial charge in [0.05, 0.1) is 7.11 Å². The summed E-state index contributed by atoms with van der Waals surface area (Å²) in [5.74, 6) is 0.858. The Morgan fingerprint density at radius 3 is 2.69 bits per heavy atom.